The molecule has 0 spiro atoms. The second-order valence-corrected chi connectivity index (χ2v) is 6.33. The summed E-state index contributed by atoms with van der Waals surface area (Å²) in [6.07, 6.45) is 4.99. The number of likely N-dealkylation sites (N-methyl/N-ethyl adjacent to an activating group) is 1. The summed E-state index contributed by atoms with van der Waals surface area (Å²) in [5.74, 6) is 2.75. The molecule has 1 unspecified atom stereocenters. The van der Waals surface area contributed by atoms with Gasteiger partial charge in [-0.15, -0.1) is 0 Å². The van der Waals surface area contributed by atoms with Crippen LogP contribution in [0.15, 0.2) is 30.6 Å². The van der Waals surface area contributed by atoms with E-state index in [0.717, 1.165) is 49.1 Å². The Labute approximate surface area is 143 Å². The molecule has 2 heterocycles. The van der Waals surface area contributed by atoms with E-state index in [0.29, 0.717) is 6.04 Å². The van der Waals surface area contributed by atoms with Crippen LogP contribution in [0.2, 0.25) is 0 Å². The summed E-state index contributed by atoms with van der Waals surface area (Å²) in [6, 6.07) is 6.57. The third-order valence-corrected chi connectivity index (χ3v) is 4.80. The molecule has 0 N–H and O–H groups in total. The fourth-order valence-corrected chi connectivity index (χ4v) is 3.21. The molecule has 0 saturated carbocycles. The van der Waals surface area contributed by atoms with E-state index >= 15 is 0 Å². The lowest BCUT2D eigenvalue weighted by atomic mass is 10.2. The van der Waals surface area contributed by atoms with Gasteiger partial charge in [-0.05, 0) is 13.5 Å². The van der Waals surface area contributed by atoms with Crippen LogP contribution < -0.4 is 14.4 Å². The third kappa shape index (κ3) is 3.48. The molecule has 3 rings (SSSR count). The molecule has 6 heteroatoms. The Morgan fingerprint density at radius 1 is 1.21 bits per heavy atom. The second-order valence-electron chi connectivity index (χ2n) is 6.33. The monoisotopic (exact) mass is 330 g/mol. The number of rotatable bonds is 6. The van der Waals surface area contributed by atoms with E-state index < -0.39 is 0 Å². The van der Waals surface area contributed by atoms with Crippen LogP contribution in [-0.4, -0.2) is 54.8 Å². The standard InChI is InChI=1S/C18H26N4O2/c1-20-8-6-19-18(20)13-21(2)14-5-7-22(12-14)15-9-16(23-3)11-17(10-15)24-4/h6,8-11,14H,5,7,12-13H2,1-4H3. The van der Waals surface area contributed by atoms with Gasteiger partial charge in [-0.2, -0.15) is 0 Å². The van der Waals surface area contributed by atoms with Gasteiger partial charge in [-0.1, -0.05) is 0 Å². The molecule has 1 saturated heterocycles. The van der Waals surface area contributed by atoms with Crippen molar-refractivity contribution < 1.29 is 9.47 Å². The number of hydrogen-bond donors (Lipinski definition) is 0. The smallest absolute Gasteiger partial charge is 0.124 e. The quantitative estimate of drug-likeness (QED) is 0.812. The summed E-state index contributed by atoms with van der Waals surface area (Å²) in [5, 5.41) is 0. The van der Waals surface area contributed by atoms with Crippen LogP contribution in [0.1, 0.15) is 12.2 Å². The molecule has 0 bridgehead atoms. The number of benzene rings is 1. The van der Waals surface area contributed by atoms with Gasteiger partial charge in [0.25, 0.3) is 0 Å². The normalized spacial score (nSPS) is 17.5. The predicted molar refractivity (Wildman–Crippen MR) is 94.8 cm³/mol. The first-order valence-corrected chi connectivity index (χ1v) is 8.25. The van der Waals surface area contributed by atoms with Crippen molar-refractivity contribution in [1.29, 1.82) is 0 Å². The average Bonchev–Trinajstić information content (AvgIpc) is 3.24. The molecule has 0 aliphatic carbocycles. The Balaban J connectivity index is 1.67. The number of aryl methyl sites for hydroxylation is 1. The molecule has 1 aromatic heterocycles. The second kappa shape index (κ2) is 7.13. The number of anilines is 1. The zero-order valence-electron chi connectivity index (χ0n) is 14.9. The molecule has 1 aliphatic rings. The van der Waals surface area contributed by atoms with Gasteiger partial charge in [0, 0.05) is 62.5 Å². The van der Waals surface area contributed by atoms with Gasteiger partial charge in [-0.25, -0.2) is 4.98 Å². The number of imidazole rings is 1. The minimum atomic E-state index is 0.513. The number of nitrogens with zero attached hydrogens (tertiary/aromatic N) is 4. The summed E-state index contributed by atoms with van der Waals surface area (Å²) in [4.78, 5) is 9.21. The minimum Gasteiger partial charge on any atom is -0.497 e. The largest absolute Gasteiger partial charge is 0.497 e. The number of ether oxygens (including phenoxy) is 2. The Morgan fingerprint density at radius 3 is 2.50 bits per heavy atom. The van der Waals surface area contributed by atoms with Gasteiger partial charge < -0.3 is 18.9 Å². The third-order valence-electron chi connectivity index (χ3n) is 4.80. The van der Waals surface area contributed by atoms with E-state index in [9.17, 15) is 0 Å². The van der Waals surface area contributed by atoms with Crippen LogP contribution in [0.25, 0.3) is 0 Å². The van der Waals surface area contributed by atoms with Crippen molar-refractivity contribution in [3.05, 3.63) is 36.4 Å². The van der Waals surface area contributed by atoms with Crippen molar-refractivity contribution in [2.24, 2.45) is 7.05 Å². The van der Waals surface area contributed by atoms with E-state index in [2.05, 4.69) is 38.5 Å². The molecular formula is C18H26N4O2. The molecule has 1 fully saturated rings. The van der Waals surface area contributed by atoms with Gasteiger partial charge in [0.05, 0.1) is 20.8 Å². The van der Waals surface area contributed by atoms with E-state index in [4.69, 9.17) is 9.47 Å². The molecule has 130 valence electrons. The van der Waals surface area contributed by atoms with Crippen LogP contribution in [0.4, 0.5) is 5.69 Å². The maximum absolute atomic E-state index is 5.39. The van der Waals surface area contributed by atoms with E-state index in [-0.39, 0.29) is 0 Å². The Bertz CT molecular complexity index is 663. The summed E-state index contributed by atoms with van der Waals surface area (Å²) < 4.78 is 12.9. The first-order valence-electron chi connectivity index (χ1n) is 8.25. The summed E-state index contributed by atoms with van der Waals surface area (Å²) in [7, 11) is 7.59. The molecular weight excluding hydrogens is 304 g/mol. The highest BCUT2D eigenvalue weighted by Gasteiger charge is 2.27. The molecule has 24 heavy (non-hydrogen) atoms. The molecule has 2 aromatic rings. The Morgan fingerprint density at radius 2 is 1.92 bits per heavy atom. The van der Waals surface area contributed by atoms with Gasteiger partial charge >= 0.3 is 0 Å². The summed E-state index contributed by atoms with van der Waals surface area (Å²) >= 11 is 0. The molecule has 1 atom stereocenters. The predicted octanol–water partition coefficient (Wildman–Crippen LogP) is 2.15. The van der Waals surface area contributed by atoms with Gasteiger partial charge in [0.2, 0.25) is 0 Å². The lowest BCUT2D eigenvalue weighted by molar-refractivity contribution is 0.242. The fraction of sp³-hybridized carbons (Fsp3) is 0.500. The Kier molecular flexibility index (Phi) is 4.94. The van der Waals surface area contributed by atoms with Crippen molar-refractivity contribution in [1.82, 2.24) is 14.5 Å². The van der Waals surface area contributed by atoms with Crippen LogP contribution >= 0.6 is 0 Å². The molecule has 0 amide bonds. The summed E-state index contributed by atoms with van der Waals surface area (Å²) in [5.41, 5.74) is 1.15. The van der Waals surface area contributed by atoms with Gasteiger partial charge in [0.1, 0.15) is 17.3 Å². The van der Waals surface area contributed by atoms with Crippen molar-refractivity contribution in [3.63, 3.8) is 0 Å². The van der Waals surface area contributed by atoms with Crippen molar-refractivity contribution in [2.75, 3.05) is 39.3 Å². The SMILES string of the molecule is COc1cc(OC)cc(N2CCC(N(C)Cc3nccn3C)C2)c1. The van der Waals surface area contributed by atoms with Crippen LogP contribution in [-0.2, 0) is 13.6 Å². The van der Waals surface area contributed by atoms with E-state index in [1.165, 1.54) is 0 Å². The highest BCUT2D eigenvalue weighted by atomic mass is 16.5. The van der Waals surface area contributed by atoms with Crippen LogP contribution in [0, 0.1) is 0 Å². The van der Waals surface area contributed by atoms with Gasteiger partial charge in [-0.3, -0.25) is 4.90 Å². The van der Waals surface area contributed by atoms with Gasteiger partial charge in [0.15, 0.2) is 0 Å². The lowest BCUT2D eigenvalue weighted by Crippen LogP contribution is -2.34. The zero-order valence-corrected chi connectivity index (χ0v) is 14.9. The van der Waals surface area contributed by atoms with E-state index in [1.807, 2.05) is 25.5 Å². The number of hydrogen-bond acceptors (Lipinski definition) is 5. The number of aromatic nitrogens is 2. The van der Waals surface area contributed by atoms with Crippen LogP contribution in [0.5, 0.6) is 11.5 Å². The maximum Gasteiger partial charge on any atom is 0.124 e. The van der Waals surface area contributed by atoms with Crippen molar-refractivity contribution in [3.8, 4) is 11.5 Å². The molecule has 1 aliphatic heterocycles. The first kappa shape index (κ1) is 16.6. The Hall–Kier alpha value is -2.21. The summed E-state index contributed by atoms with van der Waals surface area (Å²) in [6.45, 7) is 2.90. The number of methoxy groups -OCH3 is 2. The zero-order chi connectivity index (χ0) is 17.1. The highest BCUT2D eigenvalue weighted by molar-refractivity contribution is 5.56. The van der Waals surface area contributed by atoms with E-state index in [1.54, 1.807) is 14.2 Å². The molecule has 0 radical (unpaired) electrons. The lowest BCUT2D eigenvalue weighted by Gasteiger charge is -2.25. The topological polar surface area (TPSA) is 42.8 Å². The van der Waals surface area contributed by atoms with Crippen molar-refractivity contribution >= 4 is 5.69 Å². The average molecular weight is 330 g/mol. The molecule has 1 aromatic carbocycles. The minimum absolute atomic E-state index is 0.513. The molecule has 6 nitrogen and oxygen atoms in total. The highest BCUT2D eigenvalue weighted by Crippen LogP contribution is 2.31. The fourth-order valence-electron chi connectivity index (χ4n) is 3.21. The maximum atomic E-state index is 5.39. The van der Waals surface area contributed by atoms with Crippen LogP contribution in [0.3, 0.4) is 0 Å². The van der Waals surface area contributed by atoms with Crippen molar-refractivity contribution in [2.45, 2.75) is 19.0 Å². The first-order chi connectivity index (χ1) is 11.6.